The van der Waals surface area contributed by atoms with Gasteiger partial charge in [0.2, 0.25) is 0 Å². The van der Waals surface area contributed by atoms with Crippen LogP contribution in [0, 0.1) is 6.57 Å². The first-order chi connectivity index (χ1) is 6.33. The van der Waals surface area contributed by atoms with E-state index in [0.717, 1.165) is 11.3 Å². The molecule has 1 aliphatic heterocycles. The highest BCUT2D eigenvalue weighted by Crippen LogP contribution is 2.57. The smallest absolute Gasteiger partial charge is 0.271 e. The van der Waals surface area contributed by atoms with Crippen molar-refractivity contribution in [3.05, 3.63) is 40.2 Å². The summed E-state index contributed by atoms with van der Waals surface area (Å²) in [5.41, 5.74) is 1.11. The Labute approximate surface area is 80.9 Å². The Bertz CT molecular complexity index is 423. The third kappa shape index (κ3) is 0.777. The second-order valence-corrected chi connectivity index (χ2v) is 3.79. The number of fused-ring (bicyclic) bond motifs is 3. The molecule has 1 heterocycles. The molecule has 0 aromatic heterocycles. The van der Waals surface area contributed by atoms with E-state index in [1.807, 2.05) is 18.2 Å². The van der Waals surface area contributed by atoms with Crippen molar-refractivity contribution in [2.75, 3.05) is 0 Å². The summed E-state index contributed by atoms with van der Waals surface area (Å²) in [7, 11) is 0. The molecule has 64 valence electrons. The van der Waals surface area contributed by atoms with Crippen LogP contribution >= 0.6 is 11.6 Å². The summed E-state index contributed by atoms with van der Waals surface area (Å²) in [6.07, 6.45) is 0.0763. The number of hydrogen-bond acceptors (Lipinski definition) is 1. The maximum absolute atomic E-state index is 6.93. The third-order valence-corrected chi connectivity index (χ3v) is 2.97. The number of hydrogen-bond donors (Lipinski definition) is 0. The van der Waals surface area contributed by atoms with Crippen LogP contribution in [0.1, 0.15) is 11.5 Å². The van der Waals surface area contributed by atoms with Crippen LogP contribution < -0.4 is 4.74 Å². The van der Waals surface area contributed by atoms with Crippen molar-refractivity contribution in [3.63, 3.8) is 0 Å². The number of ether oxygens (including phenoxy) is 1. The summed E-state index contributed by atoms with van der Waals surface area (Å²) in [6, 6.07) is 5.76. The van der Waals surface area contributed by atoms with Gasteiger partial charge in [-0.15, -0.1) is 0 Å². The third-order valence-electron chi connectivity index (χ3n) is 2.68. The molecule has 3 heteroatoms. The lowest BCUT2D eigenvalue weighted by atomic mass is 10.1. The molecule has 0 spiro atoms. The SMILES string of the molecule is [C-]#[N+][C@H]1[C@H]2Oc3c(Cl)cccc3[C@@H]12. The first-order valence-corrected chi connectivity index (χ1v) is 4.52. The molecule has 1 aliphatic carbocycles. The van der Waals surface area contributed by atoms with E-state index < -0.39 is 0 Å². The largest absolute Gasteiger partial charge is 0.479 e. The molecule has 0 bridgehead atoms. The van der Waals surface area contributed by atoms with E-state index in [1.54, 1.807) is 0 Å². The van der Waals surface area contributed by atoms with E-state index in [1.165, 1.54) is 0 Å². The monoisotopic (exact) mass is 191 g/mol. The summed E-state index contributed by atoms with van der Waals surface area (Å²) in [5.74, 6) is 1.07. The zero-order valence-electron chi connectivity index (χ0n) is 6.70. The summed E-state index contributed by atoms with van der Waals surface area (Å²) in [4.78, 5) is 3.50. The molecular formula is C10H6ClNO. The summed E-state index contributed by atoms with van der Waals surface area (Å²) in [5, 5.41) is 0.661. The topological polar surface area (TPSA) is 13.6 Å². The first-order valence-electron chi connectivity index (χ1n) is 4.14. The van der Waals surface area contributed by atoms with Gasteiger partial charge in [0.25, 0.3) is 6.04 Å². The highest BCUT2D eigenvalue weighted by molar-refractivity contribution is 6.32. The molecule has 0 amide bonds. The number of benzene rings is 1. The predicted octanol–water partition coefficient (Wildman–Crippen LogP) is 2.49. The average molecular weight is 192 g/mol. The maximum atomic E-state index is 6.93. The minimum absolute atomic E-state index is 0.0333. The molecule has 1 saturated carbocycles. The predicted molar refractivity (Wildman–Crippen MR) is 49.0 cm³/mol. The molecule has 0 unspecified atom stereocenters. The lowest BCUT2D eigenvalue weighted by Crippen LogP contribution is -1.99. The quantitative estimate of drug-likeness (QED) is 0.575. The van der Waals surface area contributed by atoms with Crippen LogP contribution in [0.2, 0.25) is 5.02 Å². The fraction of sp³-hybridized carbons (Fsp3) is 0.300. The Balaban J connectivity index is 2.10. The highest BCUT2D eigenvalue weighted by Gasteiger charge is 2.66. The zero-order chi connectivity index (χ0) is 9.00. The van der Waals surface area contributed by atoms with Crippen molar-refractivity contribution in [1.82, 2.24) is 0 Å². The van der Waals surface area contributed by atoms with Crippen LogP contribution in [0.3, 0.4) is 0 Å². The van der Waals surface area contributed by atoms with Gasteiger partial charge in [-0.05, 0) is 6.07 Å². The summed E-state index contributed by atoms with van der Waals surface area (Å²) < 4.78 is 5.57. The minimum Gasteiger partial charge on any atom is -0.479 e. The van der Waals surface area contributed by atoms with Gasteiger partial charge < -0.3 is 9.58 Å². The molecule has 3 atom stereocenters. The Morgan fingerprint density at radius 1 is 1.46 bits per heavy atom. The molecule has 2 aliphatic rings. The molecule has 0 saturated heterocycles. The van der Waals surface area contributed by atoms with E-state index in [4.69, 9.17) is 22.9 Å². The minimum atomic E-state index is 0.0333. The fourth-order valence-electron chi connectivity index (χ4n) is 1.97. The lowest BCUT2D eigenvalue weighted by Gasteiger charge is -2.04. The fourth-order valence-corrected chi connectivity index (χ4v) is 2.20. The number of para-hydroxylation sites is 1. The van der Waals surface area contributed by atoms with Crippen molar-refractivity contribution in [2.24, 2.45) is 0 Å². The van der Waals surface area contributed by atoms with Crippen LogP contribution in [-0.2, 0) is 0 Å². The van der Waals surface area contributed by atoms with Crippen molar-refractivity contribution >= 4 is 11.6 Å². The van der Waals surface area contributed by atoms with Gasteiger partial charge in [-0.1, -0.05) is 23.7 Å². The van der Waals surface area contributed by atoms with Gasteiger partial charge in [0.1, 0.15) is 11.7 Å². The second-order valence-electron chi connectivity index (χ2n) is 3.39. The van der Waals surface area contributed by atoms with Gasteiger partial charge in [0.15, 0.2) is 6.10 Å². The average Bonchev–Trinajstić information content (AvgIpc) is 2.70. The van der Waals surface area contributed by atoms with Crippen LogP contribution in [0.5, 0.6) is 5.75 Å². The van der Waals surface area contributed by atoms with Gasteiger partial charge in [-0.2, -0.15) is 0 Å². The van der Waals surface area contributed by atoms with Gasteiger partial charge in [0, 0.05) is 5.56 Å². The normalized spacial score (nSPS) is 32.8. The van der Waals surface area contributed by atoms with E-state index in [0.29, 0.717) is 5.02 Å². The Morgan fingerprint density at radius 3 is 3.08 bits per heavy atom. The van der Waals surface area contributed by atoms with Crippen molar-refractivity contribution < 1.29 is 4.74 Å². The van der Waals surface area contributed by atoms with E-state index in [2.05, 4.69) is 4.85 Å². The van der Waals surface area contributed by atoms with Crippen molar-refractivity contribution in [3.8, 4) is 5.75 Å². The Hall–Kier alpha value is -1.20. The number of nitrogens with zero attached hydrogens (tertiary/aromatic N) is 1. The van der Waals surface area contributed by atoms with Gasteiger partial charge >= 0.3 is 0 Å². The number of rotatable bonds is 0. The molecule has 1 fully saturated rings. The summed E-state index contributed by atoms with van der Waals surface area (Å²) in [6.45, 7) is 6.93. The lowest BCUT2D eigenvalue weighted by molar-refractivity contribution is 0.316. The van der Waals surface area contributed by atoms with E-state index in [9.17, 15) is 0 Å². The van der Waals surface area contributed by atoms with Crippen molar-refractivity contribution in [2.45, 2.75) is 18.1 Å². The summed E-state index contributed by atoms with van der Waals surface area (Å²) >= 11 is 5.94. The van der Waals surface area contributed by atoms with Crippen molar-refractivity contribution in [1.29, 1.82) is 0 Å². The van der Waals surface area contributed by atoms with Gasteiger partial charge in [-0.25, -0.2) is 6.57 Å². The van der Waals surface area contributed by atoms with Gasteiger partial charge in [0.05, 0.1) is 5.02 Å². The standard InChI is InChI=1S/C10H6ClNO/c1-12-8-7-5-3-2-4-6(11)9(5)13-10(7)8/h2-4,7-8,10H/t7-,8+,10-/m0/s1. The van der Waals surface area contributed by atoms with Crippen LogP contribution in [-0.4, -0.2) is 12.1 Å². The van der Waals surface area contributed by atoms with Crippen LogP contribution in [0.4, 0.5) is 0 Å². The molecule has 1 aromatic rings. The van der Waals surface area contributed by atoms with E-state index in [-0.39, 0.29) is 18.1 Å². The number of halogens is 1. The Kier molecular flexibility index (Phi) is 1.21. The first kappa shape index (κ1) is 7.23. The van der Waals surface area contributed by atoms with Crippen LogP contribution in [0.15, 0.2) is 18.2 Å². The van der Waals surface area contributed by atoms with Crippen LogP contribution in [0.25, 0.3) is 4.85 Å². The molecule has 0 N–H and O–H groups in total. The molecule has 3 rings (SSSR count). The Morgan fingerprint density at radius 2 is 2.31 bits per heavy atom. The molecule has 2 nitrogen and oxygen atoms in total. The zero-order valence-corrected chi connectivity index (χ0v) is 7.45. The van der Waals surface area contributed by atoms with E-state index >= 15 is 0 Å². The molecule has 13 heavy (non-hydrogen) atoms. The van der Waals surface area contributed by atoms with Gasteiger partial charge in [-0.3, -0.25) is 0 Å². The molecule has 0 radical (unpaired) electrons. The highest BCUT2D eigenvalue weighted by atomic mass is 35.5. The second kappa shape index (κ2) is 2.18. The molecule has 1 aromatic carbocycles. The molecular weight excluding hydrogens is 186 g/mol. The maximum Gasteiger partial charge on any atom is 0.271 e.